The fourth-order valence-electron chi connectivity index (χ4n) is 3.73. The number of nitrogens with zero attached hydrogens (tertiary/aromatic N) is 4. The van der Waals surface area contributed by atoms with Crippen LogP contribution in [0.15, 0.2) is 22.8 Å². The monoisotopic (exact) mass is 380 g/mol. The molecule has 0 unspecified atom stereocenters. The Morgan fingerprint density at radius 2 is 2.04 bits per heavy atom. The number of aryl methyl sites for hydroxylation is 1. The molecule has 26 heavy (non-hydrogen) atoms. The lowest BCUT2D eigenvalue weighted by Gasteiger charge is -2.31. The van der Waals surface area contributed by atoms with E-state index in [-0.39, 0.29) is 13.1 Å². The molecule has 1 fully saturated rings. The molecule has 0 aromatic carbocycles. The van der Waals surface area contributed by atoms with Crippen molar-refractivity contribution >= 4 is 10.2 Å². The number of furan rings is 1. The number of ether oxygens (including phenoxy) is 1. The highest BCUT2D eigenvalue weighted by atomic mass is 32.2. The zero-order valence-electron chi connectivity index (χ0n) is 14.9. The molecule has 4 rings (SSSR count). The summed E-state index contributed by atoms with van der Waals surface area (Å²) in [6, 6.07) is 3.57. The zero-order valence-corrected chi connectivity index (χ0v) is 15.7. The first-order chi connectivity index (χ1) is 12.6. The molecular weight excluding hydrogens is 356 g/mol. The van der Waals surface area contributed by atoms with Gasteiger partial charge in [-0.25, -0.2) is 0 Å². The van der Waals surface area contributed by atoms with Crippen LogP contribution in [0.25, 0.3) is 0 Å². The van der Waals surface area contributed by atoms with E-state index < -0.39 is 10.2 Å². The van der Waals surface area contributed by atoms with Gasteiger partial charge in [0.2, 0.25) is 0 Å². The van der Waals surface area contributed by atoms with E-state index >= 15 is 0 Å². The summed E-state index contributed by atoms with van der Waals surface area (Å²) in [4.78, 5) is 0. The Hall–Kier alpha value is -1.68. The Labute approximate surface area is 153 Å². The van der Waals surface area contributed by atoms with Crippen LogP contribution >= 0.6 is 0 Å². The molecule has 8 nitrogen and oxygen atoms in total. The Morgan fingerprint density at radius 3 is 2.77 bits per heavy atom. The van der Waals surface area contributed by atoms with Gasteiger partial charge in [-0.3, -0.25) is 4.68 Å². The second kappa shape index (κ2) is 7.15. The van der Waals surface area contributed by atoms with Crippen LogP contribution < -0.4 is 0 Å². The first-order valence-electron chi connectivity index (χ1n) is 8.94. The van der Waals surface area contributed by atoms with Crippen molar-refractivity contribution in [2.45, 2.75) is 32.4 Å². The summed E-state index contributed by atoms with van der Waals surface area (Å²) in [5.41, 5.74) is 3.28. The average molecular weight is 380 g/mol. The van der Waals surface area contributed by atoms with Gasteiger partial charge in [0.25, 0.3) is 10.2 Å². The summed E-state index contributed by atoms with van der Waals surface area (Å²) in [6.45, 7) is 2.04. The van der Waals surface area contributed by atoms with Gasteiger partial charge in [0.05, 0.1) is 38.3 Å². The minimum atomic E-state index is -3.63. The van der Waals surface area contributed by atoms with E-state index in [9.17, 15) is 8.42 Å². The van der Waals surface area contributed by atoms with Gasteiger partial charge in [0.15, 0.2) is 0 Å². The van der Waals surface area contributed by atoms with E-state index in [0.29, 0.717) is 32.1 Å². The van der Waals surface area contributed by atoms with Crippen molar-refractivity contribution in [3.63, 3.8) is 0 Å². The molecule has 0 radical (unpaired) electrons. The molecule has 1 aliphatic heterocycles. The molecule has 142 valence electrons. The standard InChI is InChI=1S/C17H24N4O4S/c1-19-17-6-2-5-15(17)16(18-19)13-21(12-14-4-3-9-25-14)26(22,23)20-7-10-24-11-8-20/h3-4,9H,2,5-8,10-13H2,1H3. The third-order valence-electron chi connectivity index (χ3n) is 5.06. The second-order valence-electron chi connectivity index (χ2n) is 6.72. The average Bonchev–Trinajstić information content (AvgIpc) is 3.36. The van der Waals surface area contributed by atoms with Gasteiger partial charge in [-0.05, 0) is 37.0 Å². The van der Waals surface area contributed by atoms with Gasteiger partial charge in [-0.1, -0.05) is 0 Å². The summed E-state index contributed by atoms with van der Waals surface area (Å²) in [7, 11) is -1.70. The summed E-state index contributed by atoms with van der Waals surface area (Å²) < 4.78 is 42.0. The molecule has 1 saturated heterocycles. The maximum atomic E-state index is 13.2. The largest absolute Gasteiger partial charge is 0.468 e. The van der Waals surface area contributed by atoms with Crippen LogP contribution in [0.4, 0.5) is 0 Å². The first-order valence-corrected chi connectivity index (χ1v) is 10.3. The maximum absolute atomic E-state index is 13.2. The fraction of sp³-hybridized carbons (Fsp3) is 0.588. The number of hydrogen-bond donors (Lipinski definition) is 0. The minimum Gasteiger partial charge on any atom is -0.468 e. The van der Waals surface area contributed by atoms with Crippen molar-refractivity contribution in [3.8, 4) is 0 Å². The fourth-order valence-corrected chi connectivity index (χ4v) is 5.24. The minimum absolute atomic E-state index is 0.192. The highest BCUT2D eigenvalue weighted by Gasteiger charge is 2.33. The van der Waals surface area contributed by atoms with Gasteiger partial charge in [0.1, 0.15) is 5.76 Å². The van der Waals surface area contributed by atoms with E-state index in [1.54, 1.807) is 18.4 Å². The Bertz CT molecular complexity index is 854. The lowest BCUT2D eigenvalue weighted by molar-refractivity contribution is 0.0696. The van der Waals surface area contributed by atoms with Crippen molar-refractivity contribution in [3.05, 3.63) is 41.1 Å². The quantitative estimate of drug-likeness (QED) is 0.749. The molecule has 0 bridgehead atoms. The maximum Gasteiger partial charge on any atom is 0.282 e. The summed E-state index contributed by atoms with van der Waals surface area (Å²) >= 11 is 0. The zero-order chi connectivity index (χ0) is 18.1. The molecule has 3 heterocycles. The van der Waals surface area contributed by atoms with Crippen molar-refractivity contribution in [1.29, 1.82) is 0 Å². The molecule has 2 aliphatic rings. The lowest BCUT2D eigenvalue weighted by atomic mass is 10.2. The van der Waals surface area contributed by atoms with Gasteiger partial charge < -0.3 is 9.15 Å². The third-order valence-corrected chi connectivity index (χ3v) is 6.99. The molecule has 9 heteroatoms. The van der Waals surface area contributed by atoms with Crippen LogP contribution in [-0.4, -0.2) is 53.1 Å². The SMILES string of the molecule is Cn1nc(CN(Cc2ccco2)S(=O)(=O)N2CCOCC2)c2c1CCC2. The number of aromatic nitrogens is 2. The van der Waals surface area contributed by atoms with Crippen LogP contribution in [0, 0.1) is 0 Å². The summed E-state index contributed by atoms with van der Waals surface area (Å²) in [6.07, 6.45) is 4.63. The predicted molar refractivity (Wildman–Crippen MR) is 94.5 cm³/mol. The third kappa shape index (κ3) is 3.32. The number of rotatable bonds is 6. The van der Waals surface area contributed by atoms with Gasteiger partial charge >= 0.3 is 0 Å². The highest BCUT2D eigenvalue weighted by Crippen LogP contribution is 2.27. The van der Waals surface area contributed by atoms with Crippen molar-refractivity contribution in [2.75, 3.05) is 26.3 Å². The Kier molecular flexibility index (Phi) is 4.87. The molecule has 0 amide bonds. The van der Waals surface area contributed by atoms with Crippen LogP contribution in [0.1, 0.15) is 29.1 Å². The number of fused-ring (bicyclic) bond motifs is 1. The van der Waals surface area contributed by atoms with E-state index in [4.69, 9.17) is 9.15 Å². The molecule has 0 spiro atoms. The summed E-state index contributed by atoms with van der Waals surface area (Å²) in [5.74, 6) is 0.620. The normalized spacial score (nSPS) is 18.5. The van der Waals surface area contributed by atoms with Crippen molar-refractivity contribution < 1.29 is 17.6 Å². The first kappa shape index (κ1) is 17.7. The molecule has 1 aliphatic carbocycles. The van der Waals surface area contributed by atoms with Crippen molar-refractivity contribution in [1.82, 2.24) is 18.4 Å². The number of morpholine rings is 1. The molecule has 0 saturated carbocycles. The van der Waals surface area contributed by atoms with E-state index in [0.717, 1.165) is 25.0 Å². The molecule has 2 aromatic rings. The molecular formula is C17H24N4O4S. The Balaban J connectivity index is 1.63. The second-order valence-corrected chi connectivity index (χ2v) is 8.64. The van der Waals surface area contributed by atoms with Gasteiger partial charge in [0, 0.05) is 25.8 Å². The molecule has 0 atom stereocenters. The Morgan fingerprint density at radius 1 is 1.23 bits per heavy atom. The molecule has 2 aromatic heterocycles. The van der Waals surface area contributed by atoms with Crippen LogP contribution in [-0.2, 0) is 47.9 Å². The topological polar surface area (TPSA) is 80.8 Å². The highest BCUT2D eigenvalue weighted by molar-refractivity contribution is 7.86. The van der Waals surface area contributed by atoms with Gasteiger partial charge in [-0.15, -0.1) is 0 Å². The van der Waals surface area contributed by atoms with E-state index in [1.165, 1.54) is 19.9 Å². The van der Waals surface area contributed by atoms with Crippen LogP contribution in [0.2, 0.25) is 0 Å². The number of hydrogen-bond acceptors (Lipinski definition) is 5. The van der Waals surface area contributed by atoms with Crippen LogP contribution in [0.3, 0.4) is 0 Å². The smallest absolute Gasteiger partial charge is 0.282 e. The van der Waals surface area contributed by atoms with Crippen molar-refractivity contribution in [2.24, 2.45) is 7.05 Å². The van der Waals surface area contributed by atoms with E-state index in [1.807, 2.05) is 11.7 Å². The predicted octanol–water partition coefficient (Wildman–Crippen LogP) is 1.08. The van der Waals surface area contributed by atoms with E-state index in [2.05, 4.69) is 5.10 Å². The lowest BCUT2D eigenvalue weighted by Crippen LogP contribution is -2.48. The van der Waals surface area contributed by atoms with Crippen LogP contribution in [0.5, 0.6) is 0 Å². The summed E-state index contributed by atoms with van der Waals surface area (Å²) in [5, 5.41) is 4.60. The molecule has 0 N–H and O–H groups in total. The van der Waals surface area contributed by atoms with Gasteiger partial charge in [-0.2, -0.15) is 22.1 Å².